The number of aromatic nitrogens is 1. The topological polar surface area (TPSA) is 42.4 Å². The number of carbonyl (C=O) groups is 1. The summed E-state index contributed by atoms with van der Waals surface area (Å²) in [5, 5.41) is 0. The maximum Gasteiger partial charge on any atom is 0.227 e. The average Bonchev–Trinajstić information content (AvgIpc) is 2.87. The molecule has 2 rings (SSSR count). The number of thiazole rings is 1. The van der Waals surface area contributed by atoms with Gasteiger partial charge >= 0.3 is 0 Å². The molecule has 1 aromatic carbocycles. The van der Waals surface area contributed by atoms with E-state index >= 15 is 0 Å². The lowest BCUT2D eigenvalue weighted by molar-refractivity contribution is -0.129. The number of hydrogen-bond acceptors (Lipinski definition) is 5. The van der Waals surface area contributed by atoms with Gasteiger partial charge in [-0.15, -0.1) is 11.3 Å². The molecule has 0 saturated carbocycles. The summed E-state index contributed by atoms with van der Waals surface area (Å²) in [4.78, 5) is 19.6. The van der Waals surface area contributed by atoms with Crippen LogP contribution >= 0.6 is 23.1 Å². The number of ether oxygens (including phenoxy) is 1. The second-order valence-corrected chi connectivity index (χ2v) is 7.11. The van der Waals surface area contributed by atoms with Crippen LogP contribution in [0.4, 0.5) is 0 Å². The summed E-state index contributed by atoms with van der Waals surface area (Å²) in [6, 6.07) is 7.78. The maximum atomic E-state index is 12.4. The fourth-order valence-electron chi connectivity index (χ4n) is 2.06. The predicted octanol–water partition coefficient (Wildman–Crippen LogP) is 3.38. The lowest BCUT2D eigenvalue weighted by Gasteiger charge is -2.17. The molecule has 1 amide bonds. The Kier molecular flexibility index (Phi) is 5.85. The number of amides is 1. The lowest BCUT2D eigenvalue weighted by atomic mass is 10.2. The number of likely N-dealkylation sites (N-methyl/N-ethyl adjacent to an activating group) is 1. The molecule has 2 aromatic rings. The summed E-state index contributed by atoms with van der Waals surface area (Å²) in [7, 11) is 3.47. The molecule has 0 aliphatic heterocycles. The van der Waals surface area contributed by atoms with E-state index in [1.807, 2.05) is 44.5 Å². The van der Waals surface area contributed by atoms with Gasteiger partial charge in [-0.1, -0.05) is 23.9 Å². The van der Waals surface area contributed by atoms with Gasteiger partial charge in [-0.05, 0) is 30.9 Å². The summed E-state index contributed by atoms with van der Waals surface area (Å²) >= 11 is 3.22. The van der Waals surface area contributed by atoms with Crippen molar-refractivity contribution in [3.63, 3.8) is 0 Å². The SMILES string of the molecule is COc1cccc(CN(C)C(=O)Cc2sc(SC)nc2C)c1. The van der Waals surface area contributed by atoms with Crippen molar-refractivity contribution in [1.82, 2.24) is 9.88 Å². The van der Waals surface area contributed by atoms with E-state index in [4.69, 9.17) is 4.74 Å². The molecule has 0 unspecified atom stereocenters. The van der Waals surface area contributed by atoms with Gasteiger partial charge in [0.15, 0.2) is 0 Å². The highest BCUT2D eigenvalue weighted by atomic mass is 32.2. The molecule has 6 heteroatoms. The monoisotopic (exact) mass is 336 g/mol. The normalized spacial score (nSPS) is 10.5. The minimum absolute atomic E-state index is 0.0993. The second kappa shape index (κ2) is 7.65. The predicted molar refractivity (Wildman–Crippen MR) is 91.8 cm³/mol. The van der Waals surface area contributed by atoms with Crippen LogP contribution in [0.5, 0.6) is 5.75 Å². The van der Waals surface area contributed by atoms with E-state index < -0.39 is 0 Å². The number of aryl methyl sites for hydroxylation is 1. The molecule has 0 spiro atoms. The minimum Gasteiger partial charge on any atom is -0.497 e. The molecule has 0 bridgehead atoms. The van der Waals surface area contributed by atoms with Crippen LogP contribution in [0.25, 0.3) is 0 Å². The van der Waals surface area contributed by atoms with Crippen LogP contribution in [0.2, 0.25) is 0 Å². The minimum atomic E-state index is 0.0993. The van der Waals surface area contributed by atoms with Crippen molar-refractivity contribution >= 4 is 29.0 Å². The van der Waals surface area contributed by atoms with Crippen molar-refractivity contribution in [2.75, 3.05) is 20.4 Å². The van der Waals surface area contributed by atoms with E-state index in [-0.39, 0.29) is 5.91 Å². The van der Waals surface area contributed by atoms with Gasteiger partial charge in [-0.3, -0.25) is 4.79 Å². The first-order chi connectivity index (χ1) is 10.5. The lowest BCUT2D eigenvalue weighted by Crippen LogP contribution is -2.27. The Morgan fingerprint density at radius 2 is 2.23 bits per heavy atom. The van der Waals surface area contributed by atoms with Crippen molar-refractivity contribution in [3.8, 4) is 5.75 Å². The largest absolute Gasteiger partial charge is 0.497 e. The molecule has 0 atom stereocenters. The molecular weight excluding hydrogens is 316 g/mol. The average molecular weight is 336 g/mol. The van der Waals surface area contributed by atoms with Crippen molar-refractivity contribution in [1.29, 1.82) is 0 Å². The van der Waals surface area contributed by atoms with Gasteiger partial charge in [-0.2, -0.15) is 0 Å². The Hall–Kier alpha value is -1.53. The van der Waals surface area contributed by atoms with Gasteiger partial charge in [0.2, 0.25) is 5.91 Å². The van der Waals surface area contributed by atoms with Crippen LogP contribution in [-0.2, 0) is 17.8 Å². The van der Waals surface area contributed by atoms with Gasteiger partial charge in [0.25, 0.3) is 0 Å². The van der Waals surface area contributed by atoms with E-state index in [9.17, 15) is 4.79 Å². The molecule has 0 aliphatic rings. The van der Waals surface area contributed by atoms with Crippen LogP contribution < -0.4 is 4.74 Å². The van der Waals surface area contributed by atoms with Gasteiger partial charge < -0.3 is 9.64 Å². The Labute approximate surface area is 139 Å². The van der Waals surface area contributed by atoms with Crippen molar-refractivity contribution in [2.45, 2.75) is 24.2 Å². The first kappa shape index (κ1) is 16.8. The summed E-state index contributed by atoms with van der Waals surface area (Å²) in [5.74, 6) is 0.906. The van der Waals surface area contributed by atoms with E-state index in [0.717, 1.165) is 26.2 Å². The van der Waals surface area contributed by atoms with Crippen molar-refractivity contribution in [3.05, 3.63) is 40.4 Å². The smallest absolute Gasteiger partial charge is 0.227 e. The van der Waals surface area contributed by atoms with Gasteiger partial charge in [-0.25, -0.2) is 4.98 Å². The second-order valence-electron chi connectivity index (χ2n) is 4.97. The van der Waals surface area contributed by atoms with Gasteiger partial charge in [0, 0.05) is 18.5 Å². The number of benzene rings is 1. The first-order valence-electron chi connectivity index (χ1n) is 6.90. The van der Waals surface area contributed by atoms with Gasteiger partial charge in [0.1, 0.15) is 10.1 Å². The quantitative estimate of drug-likeness (QED) is 0.759. The number of nitrogens with zero attached hydrogens (tertiary/aromatic N) is 2. The zero-order chi connectivity index (χ0) is 16.1. The summed E-state index contributed by atoms with van der Waals surface area (Å²) in [6.07, 6.45) is 2.41. The van der Waals surface area contributed by atoms with Crippen LogP contribution in [0.1, 0.15) is 16.1 Å². The van der Waals surface area contributed by atoms with E-state index in [1.54, 1.807) is 35.1 Å². The molecule has 0 saturated heterocycles. The number of hydrogen-bond donors (Lipinski definition) is 0. The molecule has 1 heterocycles. The third-order valence-electron chi connectivity index (χ3n) is 3.34. The number of thioether (sulfide) groups is 1. The van der Waals surface area contributed by atoms with Crippen molar-refractivity contribution in [2.24, 2.45) is 0 Å². The first-order valence-corrected chi connectivity index (χ1v) is 8.94. The fraction of sp³-hybridized carbons (Fsp3) is 0.375. The molecule has 0 fully saturated rings. The highest BCUT2D eigenvalue weighted by molar-refractivity contribution is 8.00. The molecule has 4 nitrogen and oxygen atoms in total. The fourth-order valence-corrected chi connectivity index (χ4v) is 3.70. The van der Waals surface area contributed by atoms with Gasteiger partial charge in [0.05, 0.1) is 19.2 Å². The maximum absolute atomic E-state index is 12.4. The molecule has 0 radical (unpaired) electrons. The van der Waals surface area contributed by atoms with Crippen LogP contribution in [0.15, 0.2) is 28.6 Å². The Bertz CT molecular complexity index is 655. The van der Waals surface area contributed by atoms with E-state index in [0.29, 0.717) is 13.0 Å². The van der Waals surface area contributed by atoms with E-state index in [2.05, 4.69) is 4.98 Å². The molecule has 22 heavy (non-hydrogen) atoms. The highest BCUT2D eigenvalue weighted by Gasteiger charge is 2.15. The highest BCUT2D eigenvalue weighted by Crippen LogP contribution is 2.26. The number of methoxy groups -OCH3 is 1. The summed E-state index contributed by atoms with van der Waals surface area (Å²) in [5.41, 5.74) is 2.01. The molecular formula is C16H20N2O2S2. The summed E-state index contributed by atoms with van der Waals surface area (Å²) in [6.45, 7) is 2.53. The zero-order valence-electron chi connectivity index (χ0n) is 13.3. The van der Waals surface area contributed by atoms with Crippen LogP contribution in [-0.4, -0.2) is 36.2 Å². The Morgan fingerprint density at radius 3 is 2.86 bits per heavy atom. The zero-order valence-corrected chi connectivity index (χ0v) is 14.9. The molecule has 0 N–H and O–H groups in total. The third kappa shape index (κ3) is 4.24. The third-order valence-corrected chi connectivity index (χ3v) is 5.48. The number of carbonyl (C=O) groups excluding carboxylic acids is 1. The summed E-state index contributed by atoms with van der Waals surface area (Å²) < 4.78 is 6.22. The molecule has 118 valence electrons. The number of rotatable bonds is 6. The standard InChI is InChI=1S/C16H20N2O2S2/c1-11-14(22-16(17-11)21-4)9-15(19)18(2)10-12-6-5-7-13(8-12)20-3/h5-8H,9-10H2,1-4H3. The van der Waals surface area contributed by atoms with Crippen molar-refractivity contribution < 1.29 is 9.53 Å². The molecule has 0 aliphatic carbocycles. The molecule has 1 aromatic heterocycles. The van der Waals surface area contributed by atoms with Crippen LogP contribution in [0, 0.1) is 6.92 Å². The van der Waals surface area contributed by atoms with Crippen LogP contribution in [0.3, 0.4) is 0 Å². The Balaban J connectivity index is 2.00. The Morgan fingerprint density at radius 1 is 1.45 bits per heavy atom. The van der Waals surface area contributed by atoms with E-state index in [1.165, 1.54) is 0 Å².